The second kappa shape index (κ2) is 6.10. The highest BCUT2D eigenvalue weighted by atomic mass is 16.2. The second-order valence-corrected chi connectivity index (χ2v) is 5.53. The monoisotopic (exact) mass is 280 g/mol. The maximum atomic E-state index is 11.9. The van der Waals surface area contributed by atoms with Gasteiger partial charge in [-0.1, -0.05) is 54.1 Å². The van der Waals surface area contributed by atoms with Crippen LogP contribution in [-0.4, -0.2) is 25.0 Å². The fraction of sp³-hybridized carbons (Fsp3) is 0.278. The van der Waals surface area contributed by atoms with Crippen molar-refractivity contribution >= 4 is 5.91 Å². The Morgan fingerprint density at radius 2 is 1.95 bits per heavy atom. The van der Waals surface area contributed by atoms with Gasteiger partial charge in [-0.25, -0.2) is 0 Å². The highest BCUT2D eigenvalue weighted by Crippen LogP contribution is 2.25. The van der Waals surface area contributed by atoms with Crippen LogP contribution in [0.5, 0.6) is 0 Å². The van der Waals surface area contributed by atoms with Crippen molar-refractivity contribution in [2.45, 2.75) is 19.4 Å². The predicted molar refractivity (Wildman–Crippen MR) is 85.1 cm³/mol. The van der Waals surface area contributed by atoms with E-state index in [9.17, 15) is 4.79 Å². The third-order valence-corrected chi connectivity index (χ3v) is 3.90. The SMILES string of the molecule is Cc1cccc(-c2ccccc2CC2NCCNC2=O)c1. The van der Waals surface area contributed by atoms with Crippen molar-refractivity contribution < 1.29 is 4.79 Å². The van der Waals surface area contributed by atoms with Crippen molar-refractivity contribution in [2.24, 2.45) is 0 Å². The van der Waals surface area contributed by atoms with E-state index in [4.69, 9.17) is 0 Å². The lowest BCUT2D eigenvalue weighted by atomic mass is 9.94. The van der Waals surface area contributed by atoms with Crippen LogP contribution in [0.3, 0.4) is 0 Å². The summed E-state index contributed by atoms with van der Waals surface area (Å²) in [5.41, 5.74) is 4.87. The molecule has 1 amide bonds. The molecule has 2 N–H and O–H groups in total. The lowest BCUT2D eigenvalue weighted by Crippen LogP contribution is -2.53. The molecule has 0 radical (unpaired) electrons. The third kappa shape index (κ3) is 3.14. The summed E-state index contributed by atoms with van der Waals surface area (Å²) in [5.74, 6) is 0.0975. The van der Waals surface area contributed by atoms with Crippen LogP contribution < -0.4 is 10.6 Å². The zero-order valence-electron chi connectivity index (χ0n) is 12.2. The van der Waals surface area contributed by atoms with Gasteiger partial charge < -0.3 is 10.6 Å². The lowest BCUT2D eigenvalue weighted by Gasteiger charge is -2.24. The summed E-state index contributed by atoms with van der Waals surface area (Å²) in [6.45, 7) is 3.65. The first-order valence-corrected chi connectivity index (χ1v) is 7.40. The van der Waals surface area contributed by atoms with Crippen LogP contribution in [0, 0.1) is 6.92 Å². The van der Waals surface area contributed by atoms with Gasteiger partial charge in [0.1, 0.15) is 0 Å². The molecule has 2 aromatic carbocycles. The highest BCUT2D eigenvalue weighted by Gasteiger charge is 2.22. The number of piperazine rings is 1. The number of benzene rings is 2. The number of aryl methyl sites for hydroxylation is 1. The first-order valence-electron chi connectivity index (χ1n) is 7.40. The van der Waals surface area contributed by atoms with Gasteiger partial charge in [-0.05, 0) is 30.0 Å². The summed E-state index contributed by atoms with van der Waals surface area (Å²) in [4.78, 5) is 11.9. The van der Waals surface area contributed by atoms with Crippen molar-refractivity contribution in [3.63, 3.8) is 0 Å². The number of hydrogen-bond donors (Lipinski definition) is 2. The van der Waals surface area contributed by atoms with Gasteiger partial charge in [0.15, 0.2) is 0 Å². The summed E-state index contributed by atoms with van der Waals surface area (Å²) in [5, 5.41) is 6.21. The molecule has 108 valence electrons. The fourth-order valence-electron chi connectivity index (χ4n) is 2.83. The molecule has 21 heavy (non-hydrogen) atoms. The summed E-state index contributed by atoms with van der Waals surface area (Å²) in [6, 6.07) is 16.7. The van der Waals surface area contributed by atoms with Crippen molar-refractivity contribution in [3.8, 4) is 11.1 Å². The minimum absolute atomic E-state index is 0.0975. The predicted octanol–water partition coefficient (Wildman–Crippen LogP) is 2.29. The Bertz CT molecular complexity index is 651. The lowest BCUT2D eigenvalue weighted by molar-refractivity contribution is -0.124. The zero-order chi connectivity index (χ0) is 14.7. The van der Waals surface area contributed by atoms with Crippen molar-refractivity contribution in [1.29, 1.82) is 0 Å². The molecule has 1 aliphatic rings. The molecule has 3 heteroatoms. The van der Waals surface area contributed by atoms with Gasteiger partial charge in [0, 0.05) is 13.1 Å². The molecule has 0 aliphatic carbocycles. The highest BCUT2D eigenvalue weighted by molar-refractivity contribution is 5.83. The standard InChI is InChI=1S/C18H20N2O/c1-13-5-4-7-14(11-13)16-8-3-2-6-15(16)12-17-18(21)20-10-9-19-17/h2-8,11,17,19H,9-10,12H2,1H3,(H,20,21). The van der Waals surface area contributed by atoms with E-state index in [0.29, 0.717) is 0 Å². The number of carbonyl (C=O) groups excluding carboxylic acids is 1. The normalized spacial score (nSPS) is 18.3. The van der Waals surface area contributed by atoms with E-state index in [2.05, 4.69) is 60.0 Å². The molecule has 1 atom stereocenters. The van der Waals surface area contributed by atoms with E-state index in [1.807, 2.05) is 6.07 Å². The second-order valence-electron chi connectivity index (χ2n) is 5.53. The molecule has 1 saturated heterocycles. The molecule has 0 aromatic heterocycles. The number of amides is 1. The molecule has 1 unspecified atom stereocenters. The van der Waals surface area contributed by atoms with Crippen molar-refractivity contribution in [1.82, 2.24) is 10.6 Å². The molecule has 1 fully saturated rings. The van der Waals surface area contributed by atoms with E-state index in [1.54, 1.807) is 0 Å². The fourth-order valence-corrected chi connectivity index (χ4v) is 2.83. The average molecular weight is 280 g/mol. The Morgan fingerprint density at radius 1 is 1.10 bits per heavy atom. The average Bonchev–Trinajstić information content (AvgIpc) is 2.50. The number of rotatable bonds is 3. The van der Waals surface area contributed by atoms with E-state index in [1.165, 1.54) is 22.3 Å². The van der Waals surface area contributed by atoms with E-state index in [0.717, 1.165) is 19.5 Å². The van der Waals surface area contributed by atoms with Gasteiger partial charge >= 0.3 is 0 Å². The van der Waals surface area contributed by atoms with Gasteiger partial charge in [0.25, 0.3) is 0 Å². The molecular weight excluding hydrogens is 260 g/mol. The quantitative estimate of drug-likeness (QED) is 0.905. The maximum absolute atomic E-state index is 11.9. The van der Waals surface area contributed by atoms with Crippen LogP contribution in [0.2, 0.25) is 0 Å². The molecule has 3 rings (SSSR count). The van der Waals surface area contributed by atoms with Crippen LogP contribution in [0.4, 0.5) is 0 Å². The first kappa shape index (κ1) is 13.8. The largest absolute Gasteiger partial charge is 0.353 e. The van der Waals surface area contributed by atoms with E-state index < -0.39 is 0 Å². The Balaban J connectivity index is 1.91. The Kier molecular flexibility index (Phi) is 4.02. The van der Waals surface area contributed by atoms with Crippen LogP contribution in [-0.2, 0) is 11.2 Å². The Morgan fingerprint density at radius 3 is 2.76 bits per heavy atom. The van der Waals surface area contributed by atoms with Gasteiger partial charge in [-0.15, -0.1) is 0 Å². The minimum atomic E-state index is -0.135. The summed E-state index contributed by atoms with van der Waals surface area (Å²) < 4.78 is 0. The summed E-state index contributed by atoms with van der Waals surface area (Å²) >= 11 is 0. The molecule has 0 bridgehead atoms. The third-order valence-electron chi connectivity index (χ3n) is 3.90. The zero-order valence-corrected chi connectivity index (χ0v) is 12.2. The Labute approximate surface area is 125 Å². The molecule has 3 nitrogen and oxygen atoms in total. The maximum Gasteiger partial charge on any atom is 0.237 e. The molecular formula is C18H20N2O. The molecule has 1 aliphatic heterocycles. The smallest absolute Gasteiger partial charge is 0.237 e. The number of nitrogens with one attached hydrogen (secondary N) is 2. The Hall–Kier alpha value is -2.13. The van der Waals surface area contributed by atoms with Crippen molar-refractivity contribution in [2.75, 3.05) is 13.1 Å². The van der Waals surface area contributed by atoms with Crippen LogP contribution >= 0.6 is 0 Å². The van der Waals surface area contributed by atoms with Crippen molar-refractivity contribution in [3.05, 3.63) is 59.7 Å². The van der Waals surface area contributed by atoms with Gasteiger partial charge in [0.05, 0.1) is 6.04 Å². The summed E-state index contributed by atoms with van der Waals surface area (Å²) in [6.07, 6.45) is 0.718. The van der Waals surface area contributed by atoms with Crippen LogP contribution in [0.1, 0.15) is 11.1 Å². The minimum Gasteiger partial charge on any atom is -0.353 e. The van der Waals surface area contributed by atoms with Crippen LogP contribution in [0.15, 0.2) is 48.5 Å². The number of carbonyl (C=O) groups is 1. The van der Waals surface area contributed by atoms with Gasteiger partial charge in [-0.2, -0.15) is 0 Å². The topological polar surface area (TPSA) is 41.1 Å². The van der Waals surface area contributed by atoms with E-state index >= 15 is 0 Å². The molecule has 0 saturated carbocycles. The molecule has 0 spiro atoms. The van der Waals surface area contributed by atoms with E-state index in [-0.39, 0.29) is 11.9 Å². The molecule has 1 heterocycles. The number of hydrogen-bond acceptors (Lipinski definition) is 2. The summed E-state index contributed by atoms with van der Waals surface area (Å²) in [7, 11) is 0. The van der Waals surface area contributed by atoms with Gasteiger partial charge in [-0.3, -0.25) is 4.79 Å². The van der Waals surface area contributed by atoms with Gasteiger partial charge in [0.2, 0.25) is 5.91 Å². The molecule has 2 aromatic rings. The first-order chi connectivity index (χ1) is 10.2. The van der Waals surface area contributed by atoms with Crippen LogP contribution in [0.25, 0.3) is 11.1 Å².